The van der Waals surface area contributed by atoms with Crippen LogP contribution >= 0.6 is 27.5 Å². The molecule has 1 amide bonds. The molecule has 0 fully saturated rings. The van der Waals surface area contributed by atoms with Crippen LogP contribution in [0.4, 0.5) is 5.95 Å². The van der Waals surface area contributed by atoms with E-state index in [-0.39, 0.29) is 22.9 Å². The van der Waals surface area contributed by atoms with E-state index in [2.05, 4.69) is 31.2 Å². The number of rotatable bonds is 3. The molecule has 2 aromatic rings. The van der Waals surface area contributed by atoms with Crippen LogP contribution in [0.1, 0.15) is 10.4 Å². The van der Waals surface area contributed by atoms with Gasteiger partial charge in [0, 0.05) is 16.1 Å². The molecule has 98 valence electrons. The summed E-state index contributed by atoms with van der Waals surface area (Å²) in [5, 5.41) is 2.74. The molecule has 0 spiro atoms. The van der Waals surface area contributed by atoms with Crippen LogP contribution in [0.2, 0.25) is 5.15 Å². The molecule has 19 heavy (non-hydrogen) atoms. The second kappa shape index (κ2) is 5.99. The molecule has 0 bridgehead atoms. The first kappa shape index (κ1) is 13.8. The van der Waals surface area contributed by atoms with Crippen LogP contribution in [-0.2, 0) is 0 Å². The Morgan fingerprint density at radius 2 is 2.00 bits per heavy atom. The van der Waals surface area contributed by atoms with Gasteiger partial charge in [0.1, 0.15) is 5.15 Å². The molecule has 0 saturated carbocycles. The van der Waals surface area contributed by atoms with Gasteiger partial charge in [0.05, 0.1) is 7.11 Å². The molecule has 1 aromatic carbocycles. The molecular formula is C12H9BrClN3O2. The zero-order chi connectivity index (χ0) is 13.8. The predicted octanol–water partition coefficient (Wildman–Crippen LogP) is 3.15. The number of carbonyl (C=O) groups is 1. The average Bonchev–Trinajstić information content (AvgIpc) is 2.38. The number of methoxy groups -OCH3 is 1. The number of carbonyl (C=O) groups excluding carboxylic acids is 1. The van der Waals surface area contributed by atoms with Gasteiger partial charge < -0.3 is 4.74 Å². The molecular weight excluding hydrogens is 334 g/mol. The average molecular weight is 343 g/mol. The fraction of sp³-hybridized carbons (Fsp3) is 0.0833. The molecule has 0 aliphatic heterocycles. The van der Waals surface area contributed by atoms with Gasteiger partial charge in [-0.2, -0.15) is 4.98 Å². The van der Waals surface area contributed by atoms with Crippen molar-refractivity contribution in [3.63, 3.8) is 0 Å². The van der Waals surface area contributed by atoms with E-state index in [0.29, 0.717) is 5.56 Å². The lowest BCUT2D eigenvalue weighted by Gasteiger charge is -2.06. The minimum Gasteiger partial charge on any atom is -0.481 e. The van der Waals surface area contributed by atoms with E-state index >= 15 is 0 Å². The summed E-state index contributed by atoms with van der Waals surface area (Å²) in [4.78, 5) is 19.8. The largest absolute Gasteiger partial charge is 0.481 e. The summed E-state index contributed by atoms with van der Waals surface area (Å²) in [5.41, 5.74) is 0.491. The lowest BCUT2D eigenvalue weighted by Crippen LogP contribution is -2.14. The fourth-order valence-corrected chi connectivity index (χ4v) is 1.77. The molecule has 0 saturated heterocycles. The van der Waals surface area contributed by atoms with Gasteiger partial charge in [0.25, 0.3) is 5.91 Å². The number of halogens is 2. The molecule has 1 aromatic heterocycles. The maximum Gasteiger partial charge on any atom is 0.258 e. The van der Waals surface area contributed by atoms with Crippen LogP contribution in [0, 0.1) is 0 Å². The minimum atomic E-state index is -0.322. The number of ether oxygens (including phenoxy) is 1. The van der Waals surface area contributed by atoms with Crippen molar-refractivity contribution in [2.24, 2.45) is 0 Å². The molecule has 1 N–H and O–H groups in total. The van der Waals surface area contributed by atoms with Gasteiger partial charge in [-0.15, -0.1) is 0 Å². The Balaban J connectivity index is 2.18. The van der Waals surface area contributed by atoms with E-state index in [1.54, 1.807) is 24.3 Å². The Morgan fingerprint density at radius 1 is 1.32 bits per heavy atom. The van der Waals surface area contributed by atoms with Crippen molar-refractivity contribution in [1.29, 1.82) is 0 Å². The van der Waals surface area contributed by atoms with Crippen LogP contribution in [0.15, 0.2) is 34.8 Å². The second-order valence-electron chi connectivity index (χ2n) is 3.52. The molecule has 0 radical (unpaired) electrons. The van der Waals surface area contributed by atoms with Crippen molar-refractivity contribution >= 4 is 39.4 Å². The minimum absolute atomic E-state index is 0.0947. The summed E-state index contributed by atoms with van der Waals surface area (Å²) < 4.78 is 5.84. The number of nitrogens with zero attached hydrogens (tertiary/aromatic N) is 2. The summed E-state index contributed by atoms with van der Waals surface area (Å²) >= 11 is 9.09. The molecule has 7 heteroatoms. The monoisotopic (exact) mass is 341 g/mol. The van der Waals surface area contributed by atoms with E-state index in [4.69, 9.17) is 16.3 Å². The van der Waals surface area contributed by atoms with Crippen LogP contribution in [0.25, 0.3) is 0 Å². The SMILES string of the molecule is COc1cc(Cl)nc(NC(=O)c2ccc(Br)cc2)n1. The first-order valence-corrected chi connectivity index (χ1v) is 6.41. The van der Waals surface area contributed by atoms with E-state index in [9.17, 15) is 4.79 Å². The first-order valence-electron chi connectivity index (χ1n) is 5.24. The van der Waals surface area contributed by atoms with Gasteiger partial charge in [-0.05, 0) is 24.3 Å². The topological polar surface area (TPSA) is 64.1 Å². The van der Waals surface area contributed by atoms with Crippen molar-refractivity contribution in [1.82, 2.24) is 9.97 Å². The maximum atomic E-state index is 11.9. The summed E-state index contributed by atoms with van der Waals surface area (Å²) in [6, 6.07) is 8.36. The quantitative estimate of drug-likeness (QED) is 0.870. The summed E-state index contributed by atoms with van der Waals surface area (Å²) in [5.74, 6) is 0.0557. The van der Waals surface area contributed by atoms with Crippen LogP contribution < -0.4 is 10.1 Å². The molecule has 0 aliphatic rings. The highest BCUT2D eigenvalue weighted by Crippen LogP contribution is 2.17. The molecule has 2 rings (SSSR count). The predicted molar refractivity (Wildman–Crippen MR) is 75.7 cm³/mol. The molecule has 0 aliphatic carbocycles. The highest BCUT2D eigenvalue weighted by molar-refractivity contribution is 9.10. The van der Waals surface area contributed by atoms with Crippen molar-refractivity contribution < 1.29 is 9.53 Å². The molecule has 1 heterocycles. The second-order valence-corrected chi connectivity index (χ2v) is 4.82. The van der Waals surface area contributed by atoms with Crippen LogP contribution in [0.3, 0.4) is 0 Å². The Hall–Kier alpha value is -1.66. The van der Waals surface area contributed by atoms with Crippen molar-refractivity contribution in [3.05, 3.63) is 45.5 Å². The highest BCUT2D eigenvalue weighted by atomic mass is 79.9. The number of amides is 1. The first-order chi connectivity index (χ1) is 9.08. The number of benzene rings is 1. The number of nitrogens with one attached hydrogen (secondary N) is 1. The lowest BCUT2D eigenvalue weighted by molar-refractivity contribution is 0.102. The van der Waals surface area contributed by atoms with Crippen molar-refractivity contribution in [2.75, 3.05) is 12.4 Å². The molecule has 5 nitrogen and oxygen atoms in total. The Morgan fingerprint density at radius 3 is 2.63 bits per heavy atom. The van der Waals surface area contributed by atoms with Gasteiger partial charge in [0.15, 0.2) is 0 Å². The van der Waals surface area contributed by atoms with Gasteiger partial charge in [-0.3, -0.25) is 10.1 Å². The number of hydrogen-bond acceptors (Lipinski definition) is 4. The Bertz CT molecular complexity index is 604. The fourth-order valence-electron chi connectivity index (χ4n) is 1.33. The van der Waals surface area contributed by atoms with Crippen LogP contribution in [-0.4, -0.2) is 23.0 Å². The zero-order valence-electron chi connectivity index (χ0n) is 9.85. The van der Waals surface area contributed by atoms with Gasteiger partial charge in [-0.1, -0.05) is 27.5 Å². The number of aromatic nitrogens is 2. The Labute approximate surface area is 123 Å². The maximum absolute atomic E-state index is 11.9. The Kier molecular flexibility index (Phi) is 4.34. The van der Waals surface area contributed by atoms with E-state index in [1.807, 2.05) is 0 Å². The third-order valence-corrected chi connectivity index (χ3v) is 2.93. The molecule has 0 atom stereocenters. The van der Waals surface area contributed by atoms with E-state index in [0.717, 1.165) is 4.47 Å². The zero-order valence-corrected chi connectivity index (χ0v) is 12.2. The molecule has 0 unspecified atom stereocenters. The van der Waals surface area contributed by atoms with Gasteiger partial charge in [-0.25, -0.2) is 4.98 Å². The number of hydrogen-bond donors (Lipinski definition) is 1. The van der Waals surface area contributed by atoms with E-state index < -0.39 is 0 Å². The van der Waals surface area contributed by atoms with Crippen molar-refractivity contribution in [3.8, 4) is 5.88 Å². The normalized spacial score (nSPS) is 10.1. The van der Waals surface area contributed by atoms with E-state index in [1.165, 1.54) is 13.2 Å². The summed E-state index contributed by atoms with van der Waals surface area (Å²) in [6.45, 7) is 0. The summed E-state index contributed by atoms with van der Waals surface area (Å²) in [6.07, 6.45) is 0. The highest BCUT2D eigenvalue weighted by Gasteiger charge is 2.09. The third kappa shape index (κ3) is 3.65. The van der Waals surface area contributed by atoms with Crippen molar-refractivity contribution in [2.45, 2.75) is 0 Å². The van der Waals surface area contributed by atoms with Crippen LogP contribution in [0.5, 0.6) is 5.88 Å². The van der Waals surface area contributed by atoms with Gasteiger partial charge >= 0.3 is 0 Å². The lowest BCUT2D eigenvalue weighted by atomic mass is 10.2. The standard InChI is InChI=1S/C12H9BrClN3O2/c1-19-10-6-9(14)15-12(16-10)17-11(18)7-2-4-8(13)5-3-7/h2-6H,1H3,(H,15,16,17,18). The smallest absolute Gasteiger partial charge is 0.258 e. The summed E-state index contributed by atoms with van der Waals surface area (Å²) in [7, 11) is 1.46. The van der Waals surface area contributed by atoms with Gasteiger partial charge in [0.2, 0.25) is 11.8 Å². The third-order valence-electron chi connectivity index (χ3n) is 2.21. The number of anilines is 1.